The monoisotopic (exact) mass is 381 g/mol. The molecule has 152 valence electrons. The number of para-hydroxylation sites is 1. The Morgan fingerprint density at radius 1 is 1.00 bits per heavy atom. The van der Waals surface area contributed by atoms with Crippen molar-refractivity contribution in [3.63, 3.8) is 0 Å². The number of hydrogen-bond acceptors (Lipinski definition) is 3. The quantitative estimate of drug-likeness (QED) is 0.496. The minimum atomic E-state index is 0.323. The van der Waals surface area contributed by atoms with Gasteiger partial charge in [0.1, 0.15) is 5.75 Å². The number of nitrogens with zero attached hydrogens (tertiary/aromatic N) is 1. The predicted octanol–water partition coefficient (Wildman–Crippen LogP) is 5.65. The fourth-order valence-electron chi connectivity index (χ4n) is 4.18. The van der Waals surface area contributed by atoms with Gasteiger partial charge in [-0.1, -0.05) is 68.3 Å². The van der Waals surface area contributed by atoms with Crippen molar-refractivity contribution in [3.8, 4) is 16.9 Å². The second kappa shape index (κ2) is 11.2. The molecule has 2 atom stereocenters. The summed E-state index contributed by atoms with van der Waals surface area (Å²) in [5, 5.41) is 0. The molecule has 28 heavy (non-hydrogen) atoms. The Morgan fingerprint density at radius 2 is 1.79 bits per heavy atom. The first kappa shape index (κ1) is 20.9. The van der Waals surface area contributed by atoms with E-state index in [1.165, 1.54) is 44.3 Å². The first-order valence-electron chi connectivity index (χ1n) is 10.8. The Balaban J connectivity index is 1.51. The number of unbranched alkanes of at least 4 members (excludes halogenated alkanes) is 2. The maximum absolute atomic E-state index is 6.22. The van der Waals surface area contributed by atoms with Crippen molar-refractivity contribution in [1.82, 2.24) is 4.90 Å². The van der Waals surface area contributed by atoms with Crippen LogP contribution in [0.15, 0.2) is 54.6 Å². The van der Waals surface area contributed by atoms with Gasteiger partial charge in [-0.3, -0.25) is 0 Å². The van der Waals surface area contributed by atoms with Gasteiger partial charge in [0.15, 0.2) is 0 Å². The number of benzene rings is 2. The van der Waals surface area contributed by atoms with Crippen LogP contribution < -0.4 is 4.74 Å². The largest absolute Gasteiger partial charge is 0.493 e. The second-order valence-corrected chi connectivity index (χ2v) is 7.83. The smallest absolute Gasteiger partial charge is 0.127 e. The fourth-order valence-corrected chi connectivity index (χ4v) is 4.18. The molecule has 0 amide bonds. The van der Waals surface area contributed by atoms with E-state index in [1.807, 2.05) is 13.2 Å². The zero-order valence-electron chi connectivity index (χ0n) is 17.5. The van der Waals surface area contributed by atoms with Crippen molar-refractivity contribution in [1.29, 1.82) is 0 Å². The zero-order chi connectivity index (χ0) is 19.6. The second-order valence-electron chi connectivity index (χ2n) is 7.83. The van der Waals surface area contributed by atoms with Crippen molar-refractivity contribution >= 4 is 0 Å². The van der Waals surface area contributed by atoms with Crippen molar-refractivity contribution in [3.05, 3.63) is 54.6 Å². The Labute approximate surface area is 170 Å². The summed E-state index contributed by atoms with van der Waals surface area (Å²) >= 11 is 0. The van der Waals surface area contributed by atoms with Crippen LogP contribution in [-0.2, 0) is 4.74 Å². The highest BCUT2D eigenvalue weighted by Gasteiger charge is 2.28. The van der Waals surface area contributed by atoms with E-state index in [0.29, 0.717) is 12.0 Å². The summed E-state index contributed by atoms with van der Waals surface area (Å²) in [5.74, 6) is 1.55. The minimum absolute atomic E-state index is 0.323. The van der Waals surface area contributed by atoms with Gasteiger partial charge >= 0.3 is 0 Å². The zero-order valence-corrected chi connectivity index (χ0v) is 17.5. The van der Waals surface area contributed by atoms with Crippen molar-refractivity contribution in [2.24, 2.45) is 5.92 Å². The number of piperidine rings is 1. The third-order valence-corrected chi connectivity index (χ3v) is 5.88. The first-order valence-corrected chi connectivity index (χ1v) is 10.8. The molecule has 3 nitrogen and oxygen atoms in total. The van der Waals surface area contributed by atoms with E-state index < -0.39 is 0 Å². The van der Waals surface area contributed by atoms with E-state index >= 15 is 0 Å². The van der Waals surface area contributed by atoms with Crippen LogP contribution >= 0.6 is 0 Å². The van der Waals surface area contributed by atoms with Gasteiger partial charge in [0, 0.05) is 19.2 Å². The Bertz CT molecular complexity index is 688. The minimum Gasteiger partial charge on any atom is -0.493 e. The van der Waals surface area contributed by atoms with E-state index in [2.05, 4.69) is 60.4 Å². The summed E-state index contributed by atoms with van der Waals surface area (Å²) in [6.07, 6.45) is 6.48. The Hall–Kier alpha value is -1.84. The topological polar surface area (TPSA) is 21.7 Å². The Kier molecular flexibility index (Phi) is 8.38. The van der Waals surface area contributed by atoms with Gasteiger partial charge < -0.3 is 14.4 Å². The fraction of sp³-hybridized carbons (Fsp3) is 0.520. The first-order chi connectivity index (χ1) is 13.8. The lowest BCUT2D eigenvalue weighted by Gasteiger charge is -2.37. The number of likely N-dealkylation sites (tertiary alicyclic amines) is 1. The number of ether oxygens (including phenoxy) is 2. The molecule has 1 aliphatic rings. The van der Waals surface area contributed by atoms with Crippen LogP contribution in [0, 0.1) is 5.92 Å². The van der Waals surface area contributed by atoms with E-state index in [4.69, 9.17) is 9.47 Å². The lowest BCUT2D eigenvalue weighted by molar-refractivity contribution is -0.0179. The van der Waals surface area contributed by atoms with Gasteiger partial charge in [-0.2, -0.15) is 0 Å². The SMILES string of the molecule is CCCCCN1CC[C@@H](CCOc2ccccc2-c2ccccc2)[C@@H](OC)C1. The number of rotatable bonds is 10. The van der Waals surface area contributed by atoms with Crippen LogP contribution in [0.25, 0.3) is 11.1 Å². The summed E-state index contributed by atoms with van der Waals surface area (Å²) in [5.41, 5.74) is 2.37. The number of methoxy groups -OCH3 is 1. The molecule has 1 aliphatic heterocycles. The average Bonchev–Trinajstić information content (AvgIpc) is 2.75. The molecule has 0 N–H and O–H groups in total. The van der Waals surface area contributed by atoms with Crippen LogP contribution in [-0.4, -0.2) is 44.4 Å². The maximum atomic E-state index is 6.22. The molecule has 0 aliphatic carbocycles. The lowest BCUT2D eigenvalue weighted by Crippen LogP contribution is -2.45. The van der Waals surface area contributed by atoms with Crippen LogP contribution in [0.5, 0.6) is 5.75 Å². The average molecular weight is 382 g/mol. The Morgan fingerprint density at radius 3 is 2.57 bits per heavy atom. The maximum Gasteiger partial charge on any atom is 0.127 e. The standard InChI is InChI=1S/C25H35NO2/c1-3-4-10-17-26-18-15-22(25(20-26)27-2)16-19-28-24-14-9-8-13-23(24)21-11-6-5-7-12-21/h5-9,11-14,22,25H,3-4,10,15-20H2,1-2H3/t22-,25-/m0/s1. The van der Waals surface area contributed by atoms with Crippen molar-refractivity contribution < 1.29 is 9.47 Å². The molecule has 0 aromatic heterocycles. The summed E-state index contributed by atoms with van der Waals surface area (Å²) < 4.78 is 12.1. The molecule has 1 fully saturated rings. The van der Waals surface area contributed by atoms with E-state index in [1.54, 1.807) is 0 Å². The van der Waals surface area contributed by atoms with Gasteiger partial charge in [0.2, 0.25) is 0 Å². The van der Waals surface area contributed by atoms with Crippen LogP contribution in [0.3, 0.4) is 0 Å². The summed E-state index contributed by atoms with van der Waals surface area (Å²) in [6.45, 7) is 6.46. The molecule has 2 aromatic rings. The summed E-state index contributed by atoms with van der Waals surface area (Å²) in [7, 11) is 1.86. The highest BCUT2D eigenvalue weighted by atomic mass is 16.5. The molecule has 3 rings (SSSR count). The molecule has 0 spiro atoms. The lowest BCUT2D eigenvalue weighted by atomic mass is 9.90. The molecule has 0 radical (unpaired) electrons. The highest BCUT2D eigenvalue weighted by Crippen LogP contribution is 2.30. The van der Waals surface area contributed by atoms with Gasteiger partial charge in [-0.15, -0.1) is 0 Å². The summed E-state index contributed by atoms with van der Waals surface area (Å²) in [4.78, 5) is 2.58. The third-order valence-electron chi connectivity index (χ3n) is 5.88. The molecule has 2 aromatic carbocycles. The molecule has 1 heterocycles. The van der Waals surface area contributed by atoms with Crippen molar-refractivity contribution in [2.75, 3.05) is 33.4 Å². The molecule has 1 saturated heterocycles. The van der Waals surface area contributed by atoms with Gasteiger partial charge in [-0.05, 0) is 49.9 Å². The normalized spacial score (nSPS) is 20.2. The van der Waals surface area contributed by atoms with E-state index in [-0.39, 0.29) is 0 Å². The summed E-state index contributed by atoms with van der Waals surface area (Å²) in [6, 6.07) is 18.8. The highest BCUT2D eigenvalue weighted by molar-refractivity contribution is 5.70. The number of hydrogen-bond donors (Lipinski definition) is 0. The van der Waals surface area contributed by atoms with Gasteiger partial charge in [0.25, 0.3) is 0 Å². The van der Waals surface area contributed by atoms with E-state index in [0.717, 1.165) is 30.9 Å². The molecular formula is C25H35NO2. The van der Waals surface area contributed by atoms with Crippen LogP contribution in [0.1, 0.15) is 39.0 Å². The van der Waals surface area contributed by atoms with E-state index in [9.17, 15) is 0 Å². The predicted molar refractivity (Wildman–Crippen MR) is 117 cm³/mol. The van der Waals surface area contributed by atoms with Gasteiger partial charge in [0.05, 0.1) is 12.7 Å². The van der Waals surface area contributed by atoms with Crippen molar-refractivity contribution in [2.45, 2.75) is 45.1 Å². The van der Waals surface area contributed by atoms with Crippen LogP contribution in [0.4, 0.5) is 0 Å². The molecule has 0 unspecified atom stereocenters. The molecule has 0 bridgehead atoms. The van der Waals surface area contributed by atoms with Gasteiger partial charge in [-0.25, -0.2) is 0 Å². The van der Waals surface area contributed by atoms with Crippen LogP contribution in [0.2, 0.25) is 0 Å². The molecule has 0 saturated carbocycles. The third kappa shape index (κ3) is 5.83. The molecule has 3 heteroatoms. The molecular weight excluding hydrogens is 346 g/mol.